The first-order valence-electron chi connectivity index (χ1n) is 4.69. The fraction of sp³-hybridized carbons (Fsp3) is 1.00. The molecular formula is C7H22N2OSi2. The zero-order valence-electron chi connectivity index (χ0n) is 9.00. The van der Waals surface area contributed by atoms with Crippen molar-refractivity contribution in [1.29, 1.82) is 0 Å². The average molecular weight is 206 g/mol. The van der Waals surface area contributed by atoms with E-state index in [0.717, 1.165) is 23.5 Å². The van der Waals surface area contributed by atoms with E-state index in [1.54, 1.807) is 0 Å². The van der Waals surface area contributed by atoms with Crippen LogP contribution in [0.3, 0.4) is 0 Å². The Kier molecular flexibility index (Phi) is 6.97. The van der Waals surface area contributed by atoms with Crippen molar-refractivity contribution < 1.29 is 4.53 Å². The lowest BCUT2D eigenvalue weighted by Gasteiger charge is -2.25. The van der Waals surface area contributed by atoms with Crippen molar-refractivity contribution >= 4 is 20.3 Å². The van der Waals surface area contributed by atoms with Crippen molar-refractivity contribution in [3.63, 3.8) is 0 Å². The SMILES string of the molecule is CCN(CC)O[SiH2]N([SiH3])C(C)C. The van der Waals surface area contributed by atoms with Gasteiger partial charge in [0, 0.05) is 13.1 Å². The minimum atomic E-state index is -0.460. The van der Waals surface area contributed by atoms with Gasteiger partial charge >= 0.3 is 0 Å². The Morgan fingerprint density at radius 2 is 1.83 bits per heavy atom. The molecule has 0 aromatic carbocycles. The van der Waals surface area contributed by atoms with Gasteiger partial charge in [-0.15, -0.1) is 0 Å². The molecule has 0 spiro atoms. The number of rotatable bonds is 6. The number of hydrogen-bond acceptors (Lipinski definition) is 3. The maximum absolute atomic E-state index is 5.70. The summed E-state index contributed by atoms with van der Waals surface area (Å²) in [5.74, 6) is 0. The second-order valence-corrected chi connectivity index (χ2v) is 7.15. The highest BCUT2D eigenvalue weighted by Crippen LogP contribution is 1.93. The molecule has 0 bridgehead atoms. The highest BCUT2D eigenvalue weighted by atomic mass is 28.3. The highest BCUT2D eigenvalue weighted by Gasteiger charge is 2.05. The molecule has 0 aromatic heterocycles. The lowest BCUT2D eigenvalue weighted by Crippen LogP contribution is -2.38. The summed E-state index contributed by atoms with van der Waals surface area (Å²) in [7, 11) is 0.667. The van der Waals surface area contributed by atoms with Crippen LogP contribution in [0.2, 0.25) is 0 Å². The van der Waals surface area contributed by atoms with E-state index in [1.165, 1.54) is 0 Å². The van der Waals surface area contributed by atoms with Gasteiger partial charge < -0.3 is 8.76 Å². The molecule has 0 saturated heterocycles. The minimum absolute atomic E-state index is 0.460. The molecule has 0 heterocycles. The van der Waals surface area contributed by atoms with E-state index in [4.69, 9.17) is 4.53 Å². The fourth-order valence-corrected chi connectivity index (χ4v) is 2.08. The van der Waals surface area contributed by atoms with Crippen molar-refractivity contribution in [2.45, 2.75) is 33.7 Å². The maximum Gasteiger partial charge on any atom is 0.258 e. The van der Waals surface area contributed by atoms with Crippen LogP contribution in [0, 0.1) is 0 Å². The van der Waals surface area contributed by atoms with Gasteiger partial charge in [-0.2, -0.15) is 0 Å². The van der Waals surface area contributed by atoms with Gasteiger partial charge in [0.15, 0.2) is 0 Å². The summed E-state index contributed by atoms with van der Waals surface area (Å²) in [6.07, 6.45) is 0. The van der Waals surface area contributed by atoms with Crippen molar-refractivity contribution in [3.05, 3.63) is 0 Å². The molecule has 74 valence electrons. The standard InChI is InChI=1S/C7H22N2OSi2/c1-5-8(6-2)10-12-9(11)7(3)4/h7H,5-6,12H2,1-4,11H3. The smallest absolute Gasteiger partial charge is 0.258 e. The third kappa shape index (κ3) is 5.05. The van der Waals surface area contributed by atoms with Crippen LogP contribution in [0.25, 0.3) is 0 Å². The quantitative estimate of drug-likeness (QED) is 0.420. The molecule has 0 saturated carbocycles. The van der Waals surface area contributed by atoms with Crippen LogP contribution in [-0.4, -0.2) is 48.8 Å². The zero-order valence-corrected chi connectivity index (χ0v) is 12.4. The molecule has 3 nitrogen and oxygen atoms in total. The maximum atomic E-state index is 5.70. The van der Waals surface area contributed by atoms with Crippen LogP contribution in [-0.2, 0) is 4.53 Å². The van der Waals surface area contributed by atoms with Gasteiger partial charge in [0.05, 0.1) is 10.4 Å². The van der Waals surface area contributed by atoms with Gasteiger partial charge in [0.25, 0.3) is 9.92 Å². The average Bonchev–Trinajstić information content (AvgIpc) is 2.05. The summed E-state index contributed by atoms with van der Waals surface area (Å²) in [5.41, 5.74) is 0. The summed E-state index contributed by atoms with van der Waals surface area (Å²) >= 11 is 0. The lowest BCUT2D eigenvalue weighted by atomic mass is 10.4. The molecule has 0 aliphatic heterocycles. The summed E-state index contributed by atoms with van der Waals surface area (Å²) in [6, 6.07) is 0.666. The molecular weight excluding hydrogens is 184 g/mol. The van der Waals surface area contributed by atoms with Gasteiger partial charge in [-0.1, -0.05) is 27.7 Å². The van der Waals surface area contributed by atoms with Crippen LogP contribution in [0.15, 0.2) is 0 Å². The van der Waals surface area contributed by atoms with Crippen LogP contribution in [0.1, 0.15) is 27.7 Å². The third-order valence-electron chi connectivity index (χ3n) is 2.03. The number of hydrogen-bond donors (Lipinski definition) is 0. The van der Waals surface area contributed by atoms with Gasteiger partial charge in [-0.05, 0) is 6.04 Å². The first kappa shape index (κ1) is 12.3. The lowest BCUT2D eigenvalue weighted by molar-refractivity contribution is -0.0533. The molecule has 0 aliphatic rings. The fourth-order valence-electron chi connectivity index (χ4n) is 0.728. The molecule has 0 aliphatic carbocycles. The first-order valence-corrected chi connectivity index (χ1v) is 6.80. The second kappa shape index (κ2) is 6.79. The molecule has 12 heavy (non-hydrogen) atoms. The van der Waals surface area contributed by atoms with E-state index in [9.17, 15) is 0 Å². The van der Waals surface area contributed by atoms with Gasteiger partial charge in [-0.3, -0.25) is 0 Å². The summed E-state index contributed by atoms with van der Waals surface area (Å²) < 4.78 is 8.14. The monoisotopic (exact) mass is 206 g/mol. The topological polar surface area (TPSA) is 15.7 Å². The molecule has 0 rings (SSSR count). The highest BCUT2D eigenvalue weighted by molar-refractivity contribution is 6.35. The molecule has 0 radical (unpaired) electrons. The molecule has 0 aromatic rings. The second-order valence-electron chi connectivity index (χ2n) is 3.22. The van der Waals surface area contributed by atoms with Crippen molar-refractivity contribution in [2.75, 3.05) is 13.1 Å². The Hall–Kier alpha value is 0.314. The summed E-state index contributed by atoms with van der Waals surface area (Å²) in [5, 5.41) is 2.04. The largest absolute Gasteiger partial charge is 0.334 e. The Balaban J connectivity index is 3.51. The van der Waals surface area contributed by atoms with E-state index >= 15 is 0 Å². The Bertz CT molecular complexity index is 108. The van der Waals surface area contributed by atoms with Crippen molar-refractivity contribution in [1.82, 2.24) is 9.29 Å². The van der Waals surface area contributed by atoms with E-state index in [0.29, 0.717) is 6.04 Å². The molecule has 5 heteroatoms. The van der Waals surface area contributed by atoms with Crippen LogP contribution in [0.5, 0.6) is 0 Å². The summed E-state index contributed by atoms with van der Waals surface area (Å²) in [6.45, 7) is 10.7. The summed E-state index contributed by atoms with van der Waals surface area (Å²) in [4.78, 5) is 0. The van der Waals surface area contributed by atoms with Crippen molar-refractivity contribution in [2.24, 2.45) is 0 Å². The molecule has 0 atom stereocenters. The van der Waals surface area contributed by atoms with E-state index in [1.807, 2.05) is 5.06 Å². The normalized spacial score (nSPS) is 13.2. The zero-order chi connectivity index (χ0) is 9.56. The molecule has 0 amide bonds. The number of hydroxylamine groups is 2. The van der Waals surface area contributed by atoms with Crippen LogP contribution < -0.4 is 0 Å². The van der Waals surface area contributed by atoms with Crippen LogP contribution >= 0.6 is 0 Å². The van der Waals surface area contributed by atoms with E-state index in [2.05, 4.69) is 31.9 Å². The minimum Gasteiger partial charge on any atom is -0.334 e. The molecule has 0 fully saturated rings. The van der Waals surface area contributed by atoms with Gasteiger partial charge in [0.1, 0.15) is 0 Å². The first-order chi connectivity index (χ1) is 5.61. The molecule has 0 N–H and O–H groups in total. The Morgan fingerprint density at radius 1 is 1.33 bits per heavy atom. The number of nitrogens with zero attached hydrogens (tertiary/aromatic N) is 2. The predicted octanol–water partition coefficient (Wildman–Crippen LogP) is -0.751. The van der Waals surface area contributed by atoms with Gasteiger partial charge in [0.2, 0.25) is 0 Å². The van der Waals surface area contributed by atoms with Crippen LogP contribution in [0.4, 0.5) is 0 Å². The predicted molar refractivity (Wildman–Crippen MR) is 59.5 cm³/mol. The van der Waals surface area contributed by atoms with Gasteiger partial charge in [-0.25, -0.2) is 5.06 Å². The third-order valence-corrected chi connectivity index (χ3v) is 5.46. The van der Waals surface area contributed by atoms with E-state index < -0.39 is 9.92 Å². The molecule has 0 unspecified atom stereocenters. The van der Waals surface area contributed by atoms with Crippen molar-refractivity contribution in [3.8, 4) is 0 Å². The Labute approximate surface area is 81.5 Å². The van der Waals surface area contributed by atoms with E-state index in [-0.39, 0.29) is 0 Å². The Morgan fingerprint density at radius 3 is 2.17 bits per heavy atom.